The number of hydrogen-bond donors (Lipinski definition) is 0. The molecule has 0 spiro atoms. The predicted octanol–water partition coefficient (Wildman–Crippen LogP) is 6.30. The molecule has 0 saturated carbocycles. The summed E-state index contributed by atoms with van der Waals surface area (Å²) in [5.74, 6) is 0.800. The van der Waals surface area contributed by atoms with Gasteiger partial charge in [-0.25, -0.2) is 0 Å². The molecule has 0 fully saturated rings. The zero-order valence-corrected chi connectivity index (χ0v) is 14.2. The summed E-state index contributed by atoms with van der Waals surface area (Å²) in [6.07, 6.45) is 11.0. The van der Waals surface area contributed by atoms with Gasteiger partial charge in [-0.1, -0.05) is 91.2 Å². The van der Waals surface area contributed by atoms with Gasteiger partial charge in [-0.2, -0.15) is 0 Å². The van der Waals surface area contributed by atoms with Gasteiger partial charge in [0.05, 0.1) is 0 Å². The van der Waals surface area contributed by atoms with Gasteiger partial charge in [-0.05, 0) is 31.2 Å². The van der Waals surface area contributed by atoms with E-state index in [1.807, 2.05) is 0 Å². The fourth-order valence-electron chi connectivity index (χ4n) is 2.50. The van der Waals surface area contributed by atoms with Crippen molar-refractivity contribution in [3.8, 4) is 0 Å². The molecule has 1 aromatic rings. The largest absolute Gasteiger partial charge is 0.0925 e. The Hall–Kier alpha value is -0.300. The van der Waals surface area contributed by atoms with Crippen molar-refractivity contribution in [3.63, 3.8) is 0 Å². The molecule has 0 amide bonds. The number of aryl methyl sites for hydroxylation is 1. The molecule has 1 heteroatoms. The highest BCUT2D eigenvalue weighted by molar-refractivity contribution is 9.09. The minimum atomic E-state index is 0.800. The lowest BCUT2D eigenvalue weighted by molar-refractivity contribution is 0.489. The second kappa shape index (κ2) is 10.5. The maximum absolute atomic E-state index is 3.68. The van der Waals surface area contributed by atoms with Crippen LogP contribution in [0.4, 0.5) is 0 Å². The van der Waals surface area contributed by atoms with Crippen molar-refractivity contribution < 1.29 is 0 Å². The second-order valence-electron chi connectivity index (χ2n) is 5.77. The standard InChI is InChI=1S/C18H29Br/c1-3-4-5-6-7-8-9-18(15-19)14-17-12-10-16(2)11-13-17/h10-13,18H,3-9,14-15H2,1-2H3. The van der Waals surface area contributed by atoms with E-state index in [0.29, 0.717) is 0 Å². The van der Waals surface area contributed by atoms with E-state index in [0.717, 1.165) is 11.2 Å². The summed E-state index contributed by atoms with van der Waals surface area (Å²) < 4.78 is 0. The molecule has 1 aromatic carbocycles. The van der Waals surface area contributed by atoms with E-state index in [1.54, 1.807) is 0 Å². The van der Waals surface area contributed by atoms with Crippen molar-refractivity contribution in [2.75, 3.05) is 5.33 Å². The van der Waals surface area contributed by atoms with E-state index >= 15 is 0 Å². The Morgan fingerprint density at radius 1 is 0.947 bits per heavy atom. The molecular formula is C18H29Br. The lowest BCUT2D eigenvalue weighted by Gasteiger charge is -2.14. The predicted molar refractivity (Wildman–Crippen MR) is 90.2 cm³/mol. The highest BCUT2D eigenvalue weighted by atomic mass is 79.9. The summed E-state index contributed by atoms with van der Waals surface area (Å²) in [7, 11) is 0. The van der Waals surface area contributed by atoms with E-state index in [1.165, 1.54) is 62.5 Å². The van der Waals surface area contributed by atoms with E-state index < -0.39 is 0 Å². The van der Waals surface area contributed by atoms with Crippen LogP contribution in [-0.2, 0) is 6.42 Å². The minimum absolute atomic E-state index is 0.800. The van der Waals surface area contributed by atoms with Gasteiger partial charge >= 0.3 is 0 Å². The number of unbranched alkanes of at least 4 members (excludes halogenated alkanes) is 5. The first-order chi connectivity index (χ1) is 9.26. The maximum atomic E-state index is 3.68. The molecule has 0 heterocycles. The summed E-state index contributed by atoms with van der Waals surface area (Å²) in [5, 5.41) is 1.13. The summed E-state index contributed by atoms with van der Waals surface area (Å²) in [4.78, 5) is 0. The average molecular weight is 325 g/mol. The highest BCUT2D eigenvalue weighted by Crippen LogP contribution is 2.19. The third-order valence-electron chi connectivity index (χ3n) is 3.83. The molecule has 0 aliphatic heterocycles. The minimum Gasteiger partial charge on any atom is -0.0925 e. The van der Waals surface area contributed by atoms with Crippen molar-refractivity contribution >= 4 is 15.9 Å². The first kappa shape index (κ1) is 16.8. The molecule has 0 bridgehead atoms. The van der Waals surface area contributed by atoms with Crippen LogP contribution in [0.5, 0.6) is 0 Å². The van der Waals surface area contributed by atoms with Gasteiger partial charge in [0.1, 0.15) is 0 Å². The first-order valence-electron chi connectivity index (χ1n) is 7.87. The Labute approximate surface area is 128 Å². The molecule has 0 nitrogen and oxygen atoms in total. The van der Waals surface area contributed by atoms with Crippen LogP contribution in [0.2, 0.25) is 0 Å². The van der Waals surface area contributed by atoms with Crippen LogP contribution in [0.1, 0.15) is 63.0 Å². The third-order valence-corrected chi connectivity index (χ3v) is 4.74. The first-order valence-corrected chi connectivity index (χ1v) is 9.00. The fourth-order valence-corrected chi connectivity index (χ4v) is 3.06. The summed E-state index contributed by atoms with van der Waals surface area (Å²) >= 11 is 3.68. The number of benzene rings is 1. The normalized spacial score (nSPS) is 12.6. The summed E-state index contributed by atoms with van der Waals surface area (Å²) in [5.41, 5.74) is 2.84. The van der Waals surface area contributed by atoms with Crippen LogP contribution >= 0.6 is 15.9 Å². The highest BCUT2D eigenvalue weighted by Gasteiger charge is 2.08. The SMILES string of the molecule is CCCCCCCCC(CBr)Cc1ccc(C)cc1. The molecule has 108 valence electrons. The van der Waals surface area contributed by atoms with E-state index in [2.05, 4.69) is 54.0 Å². The topological polar surface area (TPSA) is 0 Å². The molecule has 0 saturated heterocycles. The lowest BCUT2D eigenvalue weighted by atomic mass is 9.94. The number of alkyl halides is 1. The Balaban J connectivity index is 2.20. The van der Waals surface area contributed by atoms with Gasteiger partial charge in [-0.3, -0.25) is 0 Å². The van der Waals surface area contributed by atoms with Gasteiger partial charge in [-0.15, -0.1) is 0 Å². The molecule has 1 atom stereocenters. The number of rotatable bonds is 10. The van der Waals surface area contributed by atoms with Crippen LogP contribution in [0.25, 0.3) is 0 Å². The van der Waals surface area contributed by atoms with Crippen molar-refractivity contribution in [1.29, 1.82) is 0 Å². The van der Waals surface area contributed by atoms with Crippen LogP contribution < -0.4 is 0 Å². The van der Waals surface area contributed by atoms with E-state index in [9.17, 15) is 0 Å². The fraction of sp³-hybridized carbons (Fsp3) is 0.667. The van der Waals surface area contributed by atoms with Crippen LogP contribution in [0.15, 0.2) is 24.3 Å². The van der Waals surface area contributed by atoms with Crippen molar-refractivity contribution in [2.24, 2.45) is 5.92 Å². The average Bonchev–Trinajstić information content (AvgIpc) is 2.43. The van der Waals surface area contributed by atoms with Gasteiger partial charge < -0.3 is 0 Å². The molecule has 0 aliphatic rings. The Morgan fingerprint density at radius 3 is 2.21 bits per heavy atom. The van der Waals surface area contributed by atoms with Gasteiger partial charge in [0.15, 0.2) is 0 Å². The van der Waals surface area contributed by atoms with Crippen LogP contribution in [-0.4, -0.2) is 5.33 Å². The molecular weight excluding hydrogens is 296 g/mol. The molecule has 0 aliphatic carbocycles. The Bertz CT molecular complexity index is 315. The molecule has 0 N–H and O–H groups in total. The molecule has 1 unspecified atom stereocenters. The monoisotopic (exact) mass is 324 g/mol. The van der Waals surface area contributed by atoms with Gasteiger partial charge in [0.2, 0.25) is 0 Å². The molecule has 0 radical (unpaired) electrons. The number of halogens is 1. The molecule has 19 heavy (non-hydrogen) atoms. The summed E-state index contributed by atoms with van der Waals surface area (Å²) in [6.45, 7) is 4.44. The molecule has 1 rings (SSSR count). The Kier molecular flexibility index (Phi) is 9.24. The third kappa shape index (κ3) is 7.77. The van der Waals surface area contributed by atoms with E-state index in [4.69, 9.17) is 0 Å². The van der Waals surface area contributed by atoms with Gasteiger partial charge in [0, 0.05) is 5.33 Å². The molecule has 0 aromatic heterocycles. The maximum Gasteiger partial charge on any atom is 0.00628 e. The lowest BCUT2D eigenvalue weighted by Crippen LogP contribution is -2.06. The Morgan fingerprint density at radius 2 is 1.58 bits per heavy atom. The van der Waals surface area contributed by atoms with Crippen LogP contribution in [0, 0.1) is 12.8 Å². The van der Waals surface area contributed by atoms with Gasteiger partial charge in [0.25, 0.3) is 0 Å². The van der Waals surface area contributed by atoms with E-state index in [-0.39, 0.29) is 0 Å². The van der Waals surface area contributed by atoms with Crippen LogP contribution in [0.3, 0.4) is 0 Å². The number of hydrogen-bond acceptors (Lipinski definition) is 0. The summed E-state index contributed by atoms with van der Waals surface area (Å²) in [6, 6.07) is 9.02. The smallest absolute Gasteiger partial charge is 0.00628 e. The zero-order chi connectivity index (χ0) is 13.9. The van der Waals surface area contributed by atoms with Crippen molar-refractivity contribution in [2.45, 2.75) is 65.2 Å². The van der Waals surface area contributed by atoms with Crippen molar-refractivity contribution in [1.82, 2.24) is 0 Å². The second-order valence-corrected chi connectivity index (χ2v) is 6.41. The van der Waals surface area contributed by atoms with Crippen molar-refractivity contribution in [3.05, 3.63) is 35.4 Å². The zero-order valence-electron chi connectivity index (χ0n) is 12.6. The quantitative estimate of drug-likeness (QED) is 0.350.